The van der Waals surface area contributed by atoms with Crippen molar-refractivity contribution in [3.63, 3.8) is 0 Å². The van der Waals surface area contributed by atoms with Crippen molar-refractivity contribution in [3.8, 4) is 5.75 Å². The zero-order valence-electron chi connectivity index (χ0n) is 13.0. The fourth-order valence-corrected chi connectivity index (χ4v) is 2.08. The Hall–Kier alpha value is -2.66. The summed E-state index contributed by atoms with van der Waals surface area (Å²) in [6.45, 7) is 2.02. The first-order chi connectivity index (χ1) is 11.1. The number of ether oxygens (including phenoxy) is 1. The van der Waals surface area contributed by atoms with E-state index in [-0.39, 0.29) is 11.0 Å². The van der Waals surface area contributed by atoms with Gasteiger partial charge in [0.15, 0.2) is 5.11 Å². The van der Waals surface area contributed by atoms with Gasteiger partial charge in [-0.2, -0.15) is 0 Å². The molecule has 4 nitrogen and oxygen atoms in total. The second-order valence-corrected chi connectivity index (χ2v) is 5.33. The highest BCUT2D eigenvalue weighted by Gasteiger charge is 2.02. The number of carbonyl (C=O) groups is 1. The molecule has 0 aliphatic carbocycles. The van der Waals surface area contributed by atoms with Crippen LogP contribution < -0.4 is 15.4 Å². The van der Waals surface area contributed by atoms with Gasteiger partial charge < -0.3 is 10.1 Å². The average molecular weight is 326 g/mol. The lowest BCUT2D eigenvalue weighted by molar-refractivity contribution is -0.115. The van der Waals surface area contributed by atoms with Gasteiger partial charge >= 0.3 is 0 Å². The summed E-state index contributed by atoms with van der Waals surface area (Å²) in [5.74, 6) is 0.425. The number of hydrogen-bond acceptors (Lipinski definition) is 3. The monoisotopic (exact) mass is 326 g/mol. The number of methoxy groups -OCH3 is 1. The van der Waals surface area contributed by atoms with Gasteiger partial charge in [-0.25, -0.2) is 0 Å². The zero-order chi connectivity index (χ0) is 16.7. The van der Waals surface area contributed by atoms with E-state index in [1.165, 1.54) is 11.6 Å². The molecule has 0 fully saturated rings. The van der Waals surface area contributed by atoms with Gasteiger partial charge in [-0.3, -0.25) is 10.1 Å². The van der Waals surface area contributed by atoms with Gasteiger partial charge in [0.25, 0.3) is 0 Å². The summed E-state index contributed by atoms with van der Waals surface area (Å²) >= 11 is 5.12. The van der Waals surface area contributed by atoms with Crippen LogP contribution in [0.2, 0.25) is 0 Å². The Bertz CT molecular complexity index is 724. The van der Waals surface area contributed by atoms with E-state index in [1.807, 2.05) is 49.4 Å². The van der Waals surface area contributed by atoms with E-state index in [1.54, 1.807) is 19.3 Å². The largest absolute Gasteiger partial charge is 0.497 e. The molecule has 0 spiro atoms. The van der Waals surface area contributed by atoms with Gasteiger partial charge in [0, 0.05) is 17.8 Å². The molecular formula is C18H18N2O2S. The zero-order valence-corrected chi connectivity index (χ0v) is 13.8. The van der Waals surface area contributed by atoms with Crippen LogP contribution in [-0.4, -0.2) is 18.1 Å². The lowest BCUT2D eigenvalue weighted by Crippen LogP contribution is -2.32. The van der Waals surface area contributed by atoms with Gasteiger partial charge in [0.05, 0.1) is 7.11 Å². The van der Waals surface area contributed by atoms with E-state index in [2.05, 4.69) is 10.6 Å². The molecule has 2 N–H and O–H groups in total. The quantitative estimate of drug-likeness (QED) is 0.667. The molecule has 0 bridgehead atoms. The normalized spacial score (nSPS) is 10.3. The molecule has 0 aromatic heterocycles. The maximum absolute atomic E-state index is 11.9. The number of hydrogen-bond donors (Lipinski definition) is 2. The summed E-state index contributed by atoms with van der Waals surface area (Å²) in [5, 5.41) is 5.77. The maximum atomic E-state index is 11.9. The number of nitrogens with one attached hydrogen (secondary N) is 2. The van der Waals surface area contributed by atoms with E-state index in [4.69, 9.17) is 17.0 Å². The van der Waals surface area contributed by atoms with Crippen LogP contribution in [0.25, 0.3) is 6.08 Å². The molecule has 118 valence electrons. The third-order valence-corrected chi connectivity index (χ3v) is 3.27. The fraction of sp³-hybridized carbons (Fsp3) is 0.111. The van der Waals surface area contributed by atoms with Crippen molar-refractivity contribution in [2.45, 2.75) is 6.92 Å². The number of carbonyl (C=O) groups excluding carboxylic acids is 1. The summed E-state index contributed by atoms with van der Waals surface area (Å²) in [7, 11) is 1.59. The van der Waals surface area contributed by atoms with Crippen molar-refractivity contribution >= 4 is 35.0 Å². The van der Waals surface area contributed by atoms with Gasteiger partial charge in [0.2, 0.25) is 5.91 Å². The first kappa shape index (κ1) is 16.7. The number of benzene rings is 2. The second kappa shape index (κ2) is 8.10. The fourth-order valence-electron chi connectivity index (χ4n) is 1.87. The van der Waals surface area contributed by atoms with Crippen molar-refractivity contribution < 1.29 is 9.53 Å². The molecule has 0 unspecified atom stereocenters. The maximum Gasteiger partial charge on any atom is 0.250 e. The standard InChI is InChI=1S/C18H18N2O2S/c1-13-6-8-14(9-7-13)10-11-17(21)20-18(23)19-15-4-3-5-16(12-15)22-2/h3-12H,1-2H3,(H2,19,20,21,23). The predicted octanol–water partition coefficient (Wildman–Crippen LogP) is 3.53. The third-order valence-electron chi connectivity index (χ3n) is 3.07. The van der Waals surface area contributed by atoms with E-state index >= 15 is 0 Å². The van der Waals surface area contributed by atoms with E-state index in [0.717, 1.165) is 11.3 Å². The minimum absolute atomic E-state index is 0.233. The van der Waals surface area contributed by atoms with Crippen LogP contribution in [0.15, 0.2) is 54.6 Å². The molecule has 1 amide bonds. The van der Waals surface area contributed by atoms with Crippen LogP contribution in [0.1, 0.15) is 11.1 Å². The summed E-state index contributed by atoms with van der Waals surface area (Å²) in [4.78, 5) is 11.9. The summed E-state index contributed by atoms with van der Waals surface area (Å²) in [6, 6.07) is 15.2. The van der Waals surface area contributed by atoms with E-state index in [9.17, 15) is 4.79 Å². The molecule has 0 atom stereocenters. The summed E-state index contributed by atoms with van der Waals surface area (Å²) < 4.78 is 5.13. The van der Waals surface area contributed by atoms with Gasteiger partial charge in [-0.15, -0.1) is 0 Å². The lowest BCUT2D eigenvalue weighted by atomic mass is 10.1. The Kier molecular flexibility index (Phi) is 5.88. The Morgan fingerprint density at radius 2 is 1.91 bits per heavy atom. The predicted molar refractivity (Wildman–Crippen MR) is 97.6 cm³/mol. The number of amides is 1. The lowest BCUT2D eigenvalue weighted by Gasteiger charge is -2.09. The second-order valence-electron chi connectivity index (χ2n) is 4.92. The topological polar surface area (TPSA) is 50.4 Å². The minimum Gasteiger partial charge on any atom is -0.497 e. The Morgan fingerprint density at radius 1 is 1.17 bits per heavy atom. The SMILES string of the molecule is COc1cccc(NC(=S)NC(=O)C=Cc2ccc(C)cc2)c1. The number of rotatable bonds is 4. The molecular weight excluding hydrogens is 308 g/mol. The van der Waals surface area contributed by atoms with Crippen LogP contribution in [-0.2, 0) is 4.79 Å². The summed E-state index contributed by atoms with van der Waals surface area (Å²) in [5.41, 5.74) is 2.88. The van der Waals surface area contributed by atoms with Crippen LogP contribution in [0.5, 0.6) is 5.75 Å². The first-order valence-corrected chi connectivity index (χ1v) is 7.48. The Balaban J connectivity index is 1.89. The number of anilines is 1. The van der Waals surface area contributed by atoms with E-state index < -0.39 is 0 Å². The highest BCUT2D eigenvalue weighted by atomic mass is 32.1. The van der Waals surface area contributed by atoms with Gasteiger partial charge in [-0.1, -0.05) is 35.9 Å². The smallest absolute Gasteiger partial charge is 0.250 e. The molecule has 0 aliphatic heterocycles. The van der Waals surface area contributed by atoms with Crippen LogP contribution >= 0.6 is 12.2 Å². The van der Waals surface area contributed by atoms with E-state index in [0.29, 0.717) is 5.75 Å². The molecule has 0 saturated carbocycles. The highest BCUT2D eigenvalue weighted by Crippen LogP contribution is 2.16. The summed E-state index contributed by atoms with van der Waals surface area (Å²) in [6.07, 6.45) is 3.19. The van der Waals surface area contributed by atoms with Crippen molar-refractivity contribution in [2.24, 2.45) is 0 Å². The number of aryl methyl sites for hydroxylation is 1. The third kappa shape index (κ3) is 5.56. The molecule has 0 radical (unpaired) electrons. The van der Waals surface area contributed by atoms with Crippen molar-refractivity contribution in [3.05, 3.63) is 65.7 Å². The molecule has 2 aromatic carbocycles. The molecule has 0 saturated heterocycles. The molecule has 0 aliphatic rings. The molecule has 23 heavy (non-hydrogen) atoms. The van der Waals surface area contributed by atoms with Crippen LogP contribution in [0, 0.1) is 6.92 Å². The average Bonchev–Trinajstić information content (AvgIpc) is 2.54. The van der Waals surface area contributed by atoms with Gasteiger partial charge in [-0.05, 0) is 42.9 Å². The molecule has 5 heteroatoms. The first-order valence-electron chi connectivity index (χ1n) is 7.07. The van der Waals surface area contributed by atoms with Gasteiger partial charge in [0.1, 0.15) is 5.75 Å². The molecule has 2 rings (SSSR count). The van der Waals surface area contributed by atoms with Crippen molar-refractivity contribution in [1.29, 1.82) is 0 Å². The van der Waals surface area contributed by atoms with Crippen LogP contribution in [0.3, 0.4) is 0 Å². The van der Waals surface area contributed by atoms with Crippen molar-refractivity contribution in [2.75, 3.05) is 12.4 Å². The highest BCUT2D eigenvalue weighted by molar-refractivity contribution is 7.80. The molecule has 0 heterocycles. The van der Waals surface area contributed by atoms with Crippen molar-refractivity contribution in [1.82, 2.24) is 5.32 Å². The Morgan fingerprint density at radius 3 is 2.61 bits per heavy atom. The Labute approximate surface area is 141 Å². The number of thiocarbonyl (C=S) groups is 1. The van der Waals surface area contributed by atoms with Crippen LogP contribution in [0.4, 0.5) is 5.69 Å². The minimum atomic E-state index is -0.286. The molecule has 2 aromatic rings.